The molecule has 0 aromatic carbocycles. The molecular weight excluding hydrogens is 262 g/mol. The van der Waals surface area contributed by atoms with E-state index in [2.05, 4.69) is 5.32 Å². The average Bonchev–Trinajstić information content (AvgIpc) is 2.96. The molecule has 0 aromatic rings. The monoisotopic (exact) mass is 285 g/mol. The topological polar surface area (TPSA) is 93.9 Å². The van der Waals surface area contributed by atoms with E-state index >= 15 is 0 Å². The lowest BCUT2D eigenvalue weighted by molar-refractivity contribution is -0.142. The first kappa shape index (κ1) is 15.2. The van der Waals surface area contributed by atoms with Gasteiger partial charge in [0, 0.05) is 19.6 Å². The molecule has 0 saturated carbocycles. The van der Waals surface area contributed by atoms with Gasteiger partial charge >= 0.3 is 0 Å². The maximum atomic E-state index is 12.2. The lowest BCUT2D eigenvalue weighted by atomic mass is 10.1. The third-order valence-corrected chi connectivity index (χ3v) is 3.71. The van der Waals surface area contributed by atoms with E-state index in [1.807, 2.05) is 0 Å². The van der Waals surface area contributed by atoms with Crippen LogP contribution in [0.1, 0.15) is 19.8 Å². The van der Waals surface area contributed by atoms with Crippen LogP contribution in [-0.4, -0.2) is 67.8 Å². The largest absolute Gasteiger partial charge is 0.378 e. The van der Waals surface area contributed by atoms with Crippen molar-refractivity contribution < 1.29 is 19.1 Å². The second kappa shape index (κ2) is 7.01. The highest BCUT2D eigenvalue weighted by atomic mass is 16.5. The van der Waals surface area contributed by atoms with Crippen molar-refractivity contribution in [1.82, 2.24) is 10.2 Å². The highest BCUT2D eigenvalue weighted by Gasteiger charge is 2.32. The van der Waals surface area contributed by atoms with Gasteiger partial charge in [-0.05, 0) is 19.8 Å². The van der Waals surface area contributed by atoms with Crippen molar-refractivity contribution in [3.05, 3.63) is 0 Å². The number of hydrogen-bond acceptors (Lipinski definition) is 5. The van der Waals surface area contributed by atoms with Crippen molar-refractivity contribution in [1.29, 1.82) is 0 Å². The quantitative estimate of drug-likeness (QED) is 0.681. The van der Waals surface area contributed by atoms with E-state index in [4.69, 9.17) is 15.2 Å². The normalized spacial score (nSPS) is 28.2. The molecule has 2 rings (SSSR count). The number of amides is 2. The van der Waals surface area contributed by atoms with Crippen LogP contribution in [0.4, 0.5) is 0 Å². The number of morpholine rings is 1. The molecule has 20 heavy (non-hydrogen) atoms. The highest BCUT2D eigenvalue weighted by Crippen LogP contribution is 2.19. The Morgan fingerprint density at radius 2 is 2.05 bits per heavy atom. The first-order valence-corrected chi connectivity index (χ1v) is 7.14. The van der Waals surface area contributed by atoms with E-state index in [-0.39, 0.29) is 17.9 Å². The second-order valence-corrected chi connectivity index (χ2v) is 5.23. The van der Waals surface area contributed by atoms with Crippen LogP contribution in [0.25, 0.3) is 0 Å². The predicted molar refractivity (Wildman–Crippen MR) is 72.0 cm³/mol. The lowest BCUT2D eigenvalue weighted by Crippen LogP contribution is -2.52. The highest BCUT2D eigenvalue weighted by molar-refractivity contribution is 5.89. The van der Waals surface area contributed by atoms with Gasteiger partial charge in [0.05, 0.1) is 19.3 Å². The molecule has 2 heterocycles. The molecule has 2 saturated heterocycles. The van der Waals surface area contributed by atoms with Gasteiger partial charge in [0.25, 0.3) is 0 Å². The number of carbonyl (C=O) groups excluding carboxylic acids is 2. The van der Waals surface area contributed by atoms with Gasteiger partial charge in [-0.15, -0.1) is 0 Å². The van der Waals surface area contributed by atoms with Crippen molar-refractivity contribution in [3.63, 3.8) is 0 Å². The van der Waals surface area contributed by atoms with Crippen molar-refractivity contribution in [2.24, 2.45) is 5.73 Å². The molecular formula is C13H23N3O4. The van der Waals surface area contributed by atoms with Crippen LogP contribution < -0.4 is 11.1 Å². The molecule has 1 unspecified atom stereocenters. The molecule has 0 radical (unpaired) electrons. The second-order valence-electron chi connectivity index (χ2n) is 5.23. The van der Waals surface area contributed by atoms with E-state index in [1.165, 1.54) is 0 Å². The van der Waals surface area contributed by atoms with Gasteiger partial charge < -0.3 is 25.4 Å². The lowest BCUT2D eigenvalue weighted by Gasteiger charge is -2.29. The fraction of sp³-hybridized carbons (Fsp3) is 0.846. The van der Waals surface area contributed by atoms with Crippen LogP contribution in [0.5, 0.6) is 0 Å². The summed E-state index contributed by atoms with van der Waals surface area (Å²) >= 11 is 0. The summed E-state index contributed by atoms with van der Waals surface area (Å²) in [5.41, 5.74) is 5.51. The van der Waals surface area contributed by atoms with Crippen LogP contribution in [0.15, 0.2) is 0 Å². The number of carbonyl (C=O) groups is 2. The van der Waals surface area contributed by atoms with Gasteiger partial charge in [-0.3, -0.25) is 9.59 Å². The summed E-state index contributed by atoms with van der Waals surface area (Å²) in [6.45, 7) is 4.38. The summed E-state index contributed by atoms with van der Waals surface area (Å²) in [6.07, 6.45) is 0.923. The fourth-order valence-corrected chi connectivity index (χ4v) is 2.50. The van der Waals surface area contributed by atoms with Crippen molar-refractivity contribution in [2.75, 3.05) is 32.8 Å². The number of rotatable bonds is 4. The van der Waals surface area contributed by atoms with E-state index in [0.29, 0.717) is 39.3 Å². The van der Waals surface area contributed by atoms with Gasteiger partial charge in [0.15, 0.2) is 0 Å². The maximum Gasteiger partial charge on any atom is 0.249 e. The Morgan fingerprint density at radius 1 is 1.35 bits per heavy atom. The number of nitrogens with zero attached hydrogens (tertiary/aromatic N) is 1. The number of nitrogens with one attached hydrogen (secondary N) is 1. The zero-order valence-electron chi connectivity index (χ0n) is 11.8. The summed E-state index contributed by atoms with van der Waals surface area (Å²) in [6, 6.07) is -0.541. The summed E-state index contributed by atoms with van der Waals surface area (Å²) in [5.74, 6) is -0.301. The molecule has 0 bridgehead atoms. The molecule has 2 aliphatic heterocycles. The van der Waals surface area contributed by atoms with E-state index in [9.17, 15) is 9.59 Å². The minimum absolute atomic E-state index is 0.0454. The van der Waals surface area contributed by atoms with Crippen molar-refractivity contribution >= 4 is 11.8 Å². The van der Waals surface area contributed by atoms with Gasteiger partial charge in [-0.25, -0.2) is 0 Å². The summed E-state index contributed by atoms with van der Waals surface area (Å²) in [7, 11) is 0. The van der Waals surface area contributed by atoms with Crippen LogP contribution in [-0.2, 0) is 19.1 Å². The van der Waals surface area contributed by atoms with Gasteiger partial charge in [-0.2, -0.15) is 0 Å². The summed E-state index contributed by atoms with van der Waals surface area (Å²) < 4.78 is 10.7. The molecule has 0 spiro atoms. The Hall–Kier alpha value is -1.18. The molecule has 3 N–H and O–H groups in total. The van der Waals surface area contributed by atoms with Crippen LogP contribution >= 0.6 is 0 Å². The Bertz CT molecular complexity index is 358. The molecule has 3 atom stereocenters. The average molecular weight is 285 g/mol. The third kappa shape index (κ3) is 3.68. The minimum Gasteiger partial charge on any atom is -0.378 e. The molecule has 114 valence electrons. The van der Waals surface area contributed by atoms with Crippen LogP contribution in [0.3, 0.4) is 0 Å². The predicted octanol–water partition coefficient (Wildman–Crippen LogP) is -1.14. The zero-order valence-corrected chi connectivity index (χ0v) is 11.8. The molecule has 7 nitrogen and oxygen atoms in total. The Balaban J connectivity index is 1.79. The Morgan fingerprint density at radius 3 is 2.65 bits per heavy atom. The summed E-state index contributed by atoms with van der Waals surface area (Å²) in [5, 5.41) is 2.73. The van der Waals surface area contributed by atoms with E-state index in [1.54, 1.807) is 11.8 Å². The minimum atomic E-state index is -0.541. The zero-order chi connectivity index (χ0) is 14.5. The molecule has 0 aliphatic carbocycles. The van der Waals surface area contributed by atoms with Crippen LogP contribution in [0, 0.1) is 0 Å². The fourth-order valence-electron chi connectivity index (χ4n) is 2.50. The Kier molecular flexibility index (Phi) is 5.33. The first-order chi connectivity index (χ1) is 9.61. The van der Waals surface area contributed by atoms with Gasteiger partial charge in [0.2, 0.25) is 11.8 Å². The molecule has 2 aliphatic rings. The van der Waals surface area contributed by atoms with E-state index < -0.39 is 12.1 Å². The number of hydrogen-bond donors (Lipinski definition) is 2. The third-order valence-electron chi connectivity index (χ3n) is 3.71. The SMILES string of the molecule is CC(NC(=O)[C@@H]1CC[C@H](CN)O1)C(=O)N1CCOCC1. The smallest absolute Gasteiger partial charge is 0.249 e. The molecule has 0 aromatic heterocycles. The number of ether oxygens (including phenoxy) is 2. The Labute approximate surface area is 118 Å². The van der Waals surface area contributed by atoms with Gasteiger partial charge in [-0.1, -0.05) is 0 Å². The maximum absolute atomic E-state index is 12.2. The van der Waals surface area contributed by atoms with Gasteiger partial charge in [0.1, 0.15) is 12.1 Å². The molecule has 2 amide bonds. The summed E-state index contributed by atoms with van der Waals surface area (Å²) in [4.78, 5) is 25.9. The number of nitrogens with two attached hydrogens (primary N) is 1. The van der Waals surface area contributed by atoms with E-state index in [0.717, 1.165) is 6.42 Å². The first-order valence-electron chi connectivity index (χ1n) is 7.14. The molecule has 7 heteroatoms. The van der Waals surface area contributed by atoms with Crippen LogP contribution in [0.2, 0.25) is 0 Å². The standard InChI is InChI=1S/C13H23N3O4/c1-9(13(18)16-4-6-19-7-5-16)15-12(17)11-3-2-10(8-14)20-11/h9-11H,2-8,14H2,1H3,(H,15,17)/t9?,10-,11+/m1/s1. The van der Waals surface area contributed by atoms with Crippen molar-refractivity contribution in [3.8, 4) is 0 Å². The molecule has 2 fully saturated rings. The van der Waals surface area contributed by atoms with Crippen molar-refractivity contribution in [2.45, 2.75) is 38.0 Å².